The minimum absolute atomic E-state index is 0.0860. The van der Waals surface area contributed by atoms with E-state index in [1.165, 1.54) is 12.1 Å². The van der Waals surface area contributed by atoms with Crippen molar-refractivity contribution in [1.29, 1.82) is 5.26 Å². The largest absolute Gasteiger partial charge is 0.321 e. The Kier molecular flexibility index (Phi) is 5.67. The fourth-order valence-electron chi connectivity index (χ4n) is 4.42. The number of halogens is 2. The molecule has 2 aliphatic rings. The summed E-state index contributed by atoms with van der Waals surface area (Å²) in [5, 5.41) is 10.9. The van der Waals surface area contributed by atoms with E-state index in [1.54, 1.807) is 12.1 Å². The summed E-state index contributed by atoms with van der Waals surface area (Å²) in [5.41, 5.74) is 3.91. The van der Waals surface area contributed by atoms with Crippen LogP contribution in [0.1, 0.15) is 55.2 Å². The van der Waals surface area contributed by atoms with Gasteiger partial charge in [-0.05, 0) is 67.3 Å². The summed E-state index contributed by atoms with van der Waals surface area (Å²) in [7, 11) is -4.07. The number of alkyl halides is 2. The Hall–Kier alpha value is -2.83. The second-order valence-corrected chi connectivity index (χ2v) is 10.6. The van der Waals surface area contributed by atoms with Crippen molar-refractivity contribution in [3.05, 3.63) is 47.7 Å². The van der Waals surface area contributed by atoms with Crippen LogP contribution in [0.15, 0.2) is 41.4 Å². The SMILES string of the molecule is N#Cc1c(-c2ccc(S(=O)(=O)NC(CF)CF)cc2)n(C2CCC2)c2ncc(C3CC3)cc12. The van der Waals surface area contributed by atoms with Crippen LogP contribution in [0.25, 0.3) is 22.3 Å². The van der Waals surface area contributed by atoms with Crippen molar-refractivity contribution in [2.75, 3.05) is 13.3 Å². The standard InChI is InChI=1S/C24H24F2N4O2S/c25-11-18(12-26)29-33(31,32)20-8-6-16(7-9-20)23-22(13-27)21-10-17(15-4-5-15)14-28-24(21)30(23)19-2-1-3-19/h6-10,14-15,18-19,29H,1-5,11-12H2. The number of fused-ring (bicyclic) bond motifs is 1. The molecule has 0 saturated heterocycles. The first-order valence-electron chi connectivity index (χ1n) is 11.2. The zero-order valence-corrected chi connectivity index (χ0v) is 18.8. The quantitative estimate of drug-likeness (QED) is 0.514. The Labute approximate surface area is 191 Å². The van der Waals surface area contributed by atoms with E-state index in [2.05, 4.69) is 16.7 Å². The summed E-state index contributed by atoms with van der Waals surface area (Å²) in [4.78, 5) is 4.66. The summed E-state index contributed by atoms with van der Waals surface area (Å²) in [6, 6.07) is 9.35. The lowest BCUT2D eigenvalue weighted by molar-refractivity contribution is 0.323. The number of benzene rings is 1. The highest BCUT2D eigenvalue weighted by atomic mass is 32.2. The Morgan fingerprint density at radius 1 is 1.15 bits per heavy atom. The fourth-order valence-corrected chi connectivity index (χ4v) is 5.62. The molecule has 6 nitrogen and oxygen atoms in total. The number of rotatable bonds is 8. The fraction of sp³-hybridized carbons (Fsp3) is 0.417. The first-order valence-corrected chi connectivity index (χ1v) is 12.6. The highest BCUT2D eigenvalue weighted by Crippen LogP contribution is 2.45. The molecule has 2 saturated carbocycles. The minimum atomic E-state index is -4.07. The zero-order chi connectivity index (χ0) is 23.2. The number of aromatic nitrogens is 2. The molecule has 0 atom stereocenters. The molecule has 0 unspecified atom stereocenters. The lowest BCUT2D eigenvalue weighted by atomic mass is 9.92. The molecule has 5 rings (SSSR count). The van der Waals surface area contributed by atoms with Crippen molar-refractivity contribution in [2.24, 2.45) is 0 Å². The van der Waals surface area contributed by atoms with E-state index in [-0.39, 0.29) is 10.9 Å². The van der Waals surface area contributed by atoms with Gasteiger partial charge in [0.1, 0.15) is 25.1 Å². The van der Waals surface area contributed by atoms with Gasteiger partial charge in [-0.1, -0.05) is 12.1 Å². The molecule has 1 N–H and O–H groups in total. The van der Waals surface area contributed by atoms with E-state index in [1.807, 2.05) is 10.9 Å². The molecular weight excluding hydrogens is 446 g/mol. The highest BCUT2D eigenvalue weighted by Gasteiger charge is 2.31. The van der Waals surface area contributed by atoms with Crippen LogP contribution in [0.4, 0.5) is 8.78 Å². The van der Waals surface area contributed by atoms with E-state index in [9.17, 15) is 22.5 Å². The number of nitriles is 1. The number of nitrogens with zero attached hydrogens (tertiary/aromatic N) is 3. The third kappa shape index (κ3) is 3.91. The van der Waals surface area contributed by atoms with Crippen LogP contribution in [0, 0.1) is 11.3 Å². The van der Waals surface area contributed by atoms with Gasteiger partial charge < -0.3 is 4.57 Å². The van der Waals surface area contributed by atoms with Gasteiger partial charge in [-0.15, -0.1) is 0 Å². The molecule has 0 radical (unpaired) electrons. The normalized spacial score (nSPS) is 16.8. The number of pyridine rings is 1. The molecule has 1 aromatic carbocycles. The van der Waals surface area contributed by atoms with Crippen LogP contribution in [0.2, 0.25) is 0 Å². The maximum Gasteiger partial charge on any atom is 0.240 e. The smallest absolute Gasteiger partial charge is 0.240 e. The van der Waals surface area contributed by atoms with Crippen LogP contribution in [-0.2, 0) is 10.0 Å². The number of sulfonamides is 1. The zero-order valence-electron chi connectivity index (χ0n) is 18.0. The molecule has 2 heterocycles. The van der Waals surface area contributed by atoms with E-state index in [0.29, 0.717) is 17.0 Å². The first kappa shape index (κ1) is 22.0. The van der Waals surface area contributed by atoms with Crippen molar-refractivity contribution in [3.63, 3.8) is 0 Å². The van der Waals surface area contributed by atoms with Gasteiger partial charge in [0, 0.05) is 17.6 Å². The Bertz CT molecular complexity index is 1330. The second-order valence-electron chi connectivity index (χ2n) is 8.86. The Morgan fingerprint density at radius 3 is 2.39 bits per heavy atom. The maximum absolute atomic E-state index is 12.8. The number of hydrogen-bond acceptors (Lipinski definition) is 4. The topological polar surface area (TPSA) is 87.8 Å². The predicted octanol–water partition coefficient (Wildman–Crippen LogP) is 4.76. The average Bonchev–Trinajstić information content (AvgIpc) is 3.59. The summed E-state index contributed by atoms with van der Waals surface area (Å²) >= 11 is 0. The van der Waals surface area contributed by atoms with E-state index < -0.39 is 29.4 Å². The molecule has 2 fully saturated rings. The van der Waals surface area contributed by atoms with Gasteiger partial charge in [-0.3, -0.25) is 0 Å². The molecule has 9 heteroatoms. The van der Waals surface area contributed by atoms with Crippen molar-refractivity contribution in [2.45, 2.75) is 55.0 Å². The molecule has 2 aromatic heterocycles. The molecule has 0 spiro atoms. The summed E-state index contributed by atoms with van der Waals surface area (Å²) in [6.07, 6.45) is 7.30. The van der Waals surface area contributed by atoms with Crippen molar-refractivity contribution in [3.8, 4) is 17.3 Å². The summed E-state index contributed by atoms with van der Waals surface area (Å²) in [5.74, 6) is 0.512. The van der Waals surface area contributed by atoms with Gasteiger partial charge in [0.25, 0.3) is 0 Å². The Morgan fingerprint density at radius 2 is 1.85 bits per heavy atom. The van der Waals surface area contributed by atoms with Crippen LogP contribution in [0.5, 0.6) is 0 Å². The Balaban J connectivity index is 1.60. The van der Waals surface area contributed by atoms with Crippen LogP contribution in [0.3, 0.4) is 0 Å². The van der Waals surface area contributed by atoms with Crippen LogP contribution >= 0.6 is 0 Å². The third-order valence-electron chi connectivity index (χ3n) is 6.60. The molecule has 3 aromatic rings. The lowest BCUT2D eigenvalue weighted by Crippen LogP contribution is -2.37. The highest BCUT2D eigenvalue weighted by molar-refractivity contribution is 7.89. The molecule has 33 heavy (non-hydrogen) atoms. The van der Waals surface area contributed by atoms with E-state index in [4.69, 9.17) is 4.98 Å². The minimum Gasteiger partial charge on any atom is -0.321 e. The first-order chi connectivity index (χ1) is 16.0. The van der Waals surface area contributed by atoms with Crippen LogP contribution < -0.4 is 4.72 Å². The van der Waals surface area contributed by atoms with Gasteiger partial charge in [-0.25, -0.2) is 26.9 Å². The van der Waals surface area contributed by atoms with Gasteiger partial charge in [0.15, 0.2) is 0 Å². The molecule has 0 bridgehead atoms. The molecule has 0 amide bonds. The number of nitrogens with one attached hydrogen (secondary N) is 1. The lowest BCUT2D eigenvalue weighted by Gasteiger charge is -2.29. The maximum atomic E-state index is 12.8. The van der Waals surface area contributed by atoms with Crippen molar-refractivity contribution < 1.29 is 17.2 Å². The van der Waals surface area contributed by atoms with Gasteiger partial charge >= 0.3 is 0 Å². The molecule has 0 aliphatic heterocycles. The van der Waals surface area contributed by atoms with Crippen LogP contribution in [-0.4, -0.2) is 37.4 Å². The van der Waals surface area contributed by atoms with Gasteiger partial charge in [0.2, 0.25) is 10.0 Å². The molecular formula is C24H24F2N4O2S. The van der Waals surface area contributed by atoms with Gasteiger partial charge in [-0.2, -0.15) is 5.26 Å². The monoisotopic (exact) mass is 470 g/mol. The van der Waals surface area contributed by atoms with Gasteiger partial charge in [0.05, 0.1) is 22.2 Å². The summed E-state index contributed by atoms with van der Waals surface area (Å²) in [6.45, 7) is -2.26. The second kappa shape index (κ2) is 8.50. The summed E-state index contributed by atoms with van der Waals surface area (Å²) < 4.78 is 54.8. The number of hydrogen-bond donors (Lipinski definition) is 1. The van der Waals surface area contributed by atoms with Crippen molar-refractivity contribution >= 4 is 21.1 Å². The molecule has 2 aliphatic carbocycles. The van der Waals surface area contributed by atoms with E-state index >= 15 is 0 Å². The van der Waals surface area contributed by atoms with Crippen molar-refractivity contribution in [1.82, 2.24) is 14.3 Å². The average molecular weight is 471 g/mol. The van der Waals surface area contributed by atoms with E-state index in [0.717, 1.165) is 54.4 Å². The third-order valence-corrected chi connectivity index (χ3v) is 8.13. The molecule has 172 valence electrons. The predicted molar refractivity (Wildman–Crippen MR) is 121 cm³/mol.